The molecule has 3 amide bonds. The van der Waals surface area contributed by atoms with Crippen LogP contribution in [0.5, 0.6) is 0 Å². The van der Waals surface area contributed by atoms with Crippen LogP contribution < -0.4 is 21.7 Å². The first kappa shape index (κ1) is 26.9. The number of amides is 3. The first-order chi connectivity index (χ1) is 15.0. The molecule has 0 bridgehead atoms. The van der Waals surface area contributed by atoms with Gasteiger partial charge in [-0.1, -0.05) is 37.3 Å². The molecule has 0 fully saturated rings. The third kappa shape index (κ3) is 9.35. The highest BCUT2D eigenvalue weighted by molar-refractivity contribution is 7.80. The number of benzene rings is 1. The summed E-state index contributed by atoms with van der Waals surface area (Å²) in [4.78, 5) is 58.9. The number of thiol groups is 1. The van der Waals surface area contributed by atoms with Crippen molar-refractivity contribution < 1.29 is 34.2 Å². The van der Waals surface area contributed by atoms with Gasteiger partial charge in [0.05, 0.1) is 6.42 Å². The second kappa shape index (κ2) is 13.3. The summed E-state index contributed by atoms with van der Waals surface area (Å²) in [5.74, 6) is -5.57. The molecule has 32 heavy (non-hydrogen) atoms. The Balaban J connectivity index is 2.63. The van der Waals surface area contributed by atoms with E-state index in [1.165, 1.54) is 0 Å². The molecule has 4 atom stereocenters. The van der Waals surface area contributed by atoms with Crippen molar-refractivity contribution >= 4 is 42.3 Å². The lowest BCUT2D eigenvalue weighted by Crippen LogP contribution is -2.57. The fourth-order valence-corrected chi connectivity index (χ4v) is 2.91. The minimum atomic E-state index is -1.56. The molecule has 1 rings (SSSR count). The Morgan fingerprint density at radius 3 is 2.09 bits per heavy atom. The van der Waals surface area contributed by atoms with Gasteiger partial charge in [-0.15, -0.1) is 0 Å². The maximum Gasteiger partial charge on any atom is 0.327 e. The highest BCUT2D eigenvalue weighted by Gasteiger charge is 2.29. The highest BCUT2D eigenvalue weighted by Crippen LogP contribution is 2.08. The van der Waals surface area contributed by atoms with E-state index in [-0.39, 0.29) is 24.1 Å². The van der Waals surface area contributed by atoms with E-state index < -0.39 is 48.3 Å². The fraction of sp³-hybridized carbons (Fsp3) is 0.450. The maximum absolute atomic E-state index is 12.3. The molecule has 7 N–H and O–H groups in total. The van der Waals surface area contributed by atoms with Gasteiger partial charge in [0, 0.05) is 18.2 Å². The SMILES string of the molecule is C[C@@H](Cc1ccccc1)C(=O)NC[C@H](N)C(=O)N[C@@H](CC(=O)O)C(=O)N[C@@H](CS)C(=O)O. The second-order valence-corrected chi connectivity index (χ2v) is 7.55. The van der Waals surface area contributed by atoms with Crippen molar-refractivity contribution in [1.82, 2.24) is 16.0 Å². The van der Waals surface area contributed by atoms with Crippen LogP contribution in [0, 0.1) is 5.92 Å². The van der Waals surface area contributed by atoms with Crippen molar-refractivity contribution in [2.45, 2.75) is 37.9 Å². The molecule has 0 saturated heterocycles. The number of nitrogens with one attached hydrogen (secondary N) is 3. The summed E-state index contributed by atoms with van der Waals surface area (Å²) in [5, 5.41) is 24.8. The minimum Gasteiger partial charge on any atom is -0.481 e. The van der Waals surface area contributed by atoms with Crippen LogP contribution in [0.25, 0.3) is 0 Å². The largest absolute Gasteiger partial charge is 0.481 e. The van der Waals surface area contributed by atoms with Crippen LogP contribution in [-0.2, 0) is 30.4 Å². The van der Waals surface area contributed by atoms with Crippen LogP contribution in [0.1, 0.15) is 18.9 Å². The lowest BCUT2D eigenvalue weighted by atomic mass is 10.0. The molecular formula is C20H28N4O7S. The predicted molar refractivity (Wildman–Crippen MR) is 118 cm³/mol. The van der Waals surface area contributed by atoms with Gasteiger partial charge < -0.3 is 31.9 Å². The Morgan fingerprint density at radius 2 is 1.56 bits per heavy atom. The molecule has 0 aromatic heterocycles. The van der Waals surface area contributed by atoms with Gasteiger partial charge in [0.15, 0.2) is 0 Å². The van der Waals surface area contributed by atoms with Gasteiger partial charge in [-0.2, -0.15) is 12.6 Å². The molecule has 0 spiro atoms. The topological polar surface area (TPSA) is 188 Å². The number of carbonyl (C=O) groups excluding carboxylic acids is 3. The monoisotopic (exact) mass is 468 g/mol. The lowest BCUT2D eigenvalue weighted by molar-refractivity contribution is -0.143. The molecule has 176 valence electrons. The zero-order valence-electron chi connectivity index (χ0n) is 17.5. The molecule has 0 saturated carbocycles. The van der Waals surface area contributed by atoms with Crippen molar-refractivity contribution in [3.05, 3.63) is 35.9 Å². The third-order valence-corrected chi connectivity index (χ3v) is 4.84. The quantitative estimate of drug-likeness (QED) is 0.175. The van der Waals surface area contributed by atoms with Gasteiger partial charge in [0.1, 0.15) is 18.1 Å². The Morgan fingerprint density at radius 1 is 0.969 bits per heavy atom. The highest BCUT2D eigenvalue weighted by atomic mass is 32.1. The summed E-state index contributed by atoms with van der Waals surface area (Å²) in [6.45, 7) is 1.49. The predicted octanol–water partition coefficient (Wildman–Crippen LogP) is -1.23. The zero-order valence-corrected chi connectivity index (χ0v) is 18.4. The average molecular weight is 469 g/mol. The number of carboxylic acids is 2. The fourth-order valence-electron chi connectivity index (χ4n) is 2.66. The summed E-state index contributed by atoms with van der Waals surface area (Å²) in [5.41, 5.74) is 6.73. The summed E-state index contributed by atoms with van der Waals surface area (Å²) in [6.07, 6.45) is -0.297. The van der Waals surface area contributed by atoms with Crippen LogP contribution in [0.4, 0.5) is 0 Å². The number of hydrogen-bond acceptors (Lipinski definition) is 7. The van der Waals surface area contributed by atoms with Gasteiger partial charge >= 0.3 is 11.9 Å². The van der Waals surface area contributed by atoms with E-state index in [1.807, 2.05) is 30.3 Å². The van der Waals surface area contributed by atoms with Gasteiger partial charge in [-0.3, -0.25) is 19.2 Å². The maximum atomic E-state index is 12.3. The van der Waals surface area contributed by atoms with Gasteiger partial charge in [0.25, 0.3) is 0 Å². The van der Waals surface area contributed by atoms with Crippen LogP contribution in [0.15, 0.2) is 30.3 Å². The normalized spacial score (nSPS) is 14.3. The lowest BCUT2D eigenvalue weighted by Gasteiger charge is -2.21. The Bertz CT molecular complexity index is 821. The van der Waals surface area contributed by atoms with Crippen molar-refractivity contribution in [2.75, 3.05) is 12.3 Å². The molecule has 0 aliphatic heterocycles. The van der Waals surface area contributed by atoms with Crippen molar-refractivity contribution in [3.63, 3.8) is 0 Å². The molecule has 12 heteroatoms. The summed E-state index contributed by atoms with van der Waals surface area (Å²) < 4.78 is 0. The van der Waals surface area contributed by atoms with Crippen LogP contribution in [0.2, 0.25) is 0 Å². The Hall–Kier alpha value is -3.12. The molecule has 0 heterocycles. The molecule has 11 nitrogen and oxygen atoms in total. The van der Waals surface area contributed by atoms with E-state index in [1.54, 1.807) is 6.92 Å². The molecule has 1 aromatic carbocycles. The molecular weight excluding hydrogens is 440 g/mol. The van der Waals surface area contributed by atoms with Gasteiger partial charge in [-0.25, -0.2) is 4.79 Å². The number of rotatable bonds is 13. The first-order valence-corrected chi connectivity index (χ1v) is 10.4. The summed E-state index contributed by atoms with van der Waals surface area (Å²) in [7, 11) is 0. The number of carbonyl (C=O) groups is 5. The standard InChI is InChI=1S/C20H28N4O7S/c1-11(7-12-5-3-2-4-6-12)17(27)22-9-13(21)18(28)23-14(8-16(25)26)19(29)24-15(10-32)20(30)31/h2-6,11,13-15,32H,7-10,21H2,1H3,(H,22,27)(H,23,28)(H,24,29)(H,25,26)(H,30,31)/t11-,13-,14-,15-/m0/s1. The van der Waals surface area contributed by atoms with E-state index >= 15 is 0 Å². The molecule has 0 aliphatic carbocycles. The van der Waals surface area contributed by atoms with Crippen LogP contribution >= 0.6 is 12.6 Å². The summed E-state index contributed by atoms with van der Waals surface area (Å²) in [6, 6.07) is 5.19. The molecule has 0 radical (unpaired) electrons. The summed E-state index contributed by atoms with van der Waals surface area (Å²) >= 11 is 3.81. The second-order valence-electron chi connectivity index (χ2n) is 7.18. The third-order valence-electron chi connectivity index (χ3n) is 4.47. The average Bonchev–Trinajstić information content (AvgIpc) is 2.74. The molecule has 0 unspecified atom stereocenters. The zero-order chi connectivity index (χ0) is 24.3. The van der Waals surface area contributed by atoms with Crippen molar-refractivity contribution in [1.29, 1.82) is 0 Å². The molecule has 0 aliphatic rings. The van der Waals surface area contributed by atoms with E-state index in [0.717, 1.165) is 5.56 Å². The van der Waals surface area contributed by atoms with E-state index in [9.17, 15) is 24.0 Å². The van der Waals surface area contributed by atoms with Crippen LogP contribution in [0.3, 0.4) is 0 Å². The number of hydrogen-bond donors (Lipinski definition) is 7. The number of carboxylic acid groups (broad SMARTS) is 2. The van der Waals surface area contributed by atoms with Crippen molar-refractivity contribution in [2.24, 2.45) is 11.7 Å². The Kier molecular flexibility index (Phi) is 11.2. The minimum absolute atomic E-state index is 0.235. The van der Waals surface area contributed by atoms with E-state index in [2.05, 4.69) is 28.6 Å². The molecule has 1 aromatic rings. The Labute approximate surface area is 190 Å². The van der Waals surface area contributed by atoms with E-state index in [0.29, 0.717) is 6.42 Å². The van der Waals surface area contributed by atoms with Gasteiger partial charge in [-0.05, 0) is 12.0 Å². The number of aliphatic carboxylic acids is 2. The smallest absolute Gasteiger partial charge is 0.327 e. The van der Waals surface area contributed by atoms with E-state index in [4.69, 9.17) is 15.9 Å². The number of nitrogens with two attached hydrogens (primary N) is 1. The van der Waals surface area contributed by atoms with Crippen LogP contribution in [-0.4, -0.2) is 70.3 Å². The first-order valence-electron chi connectivity index (χ1n) is 9.78. The van der Waals surface area contributed by atoms with Crippen molar-refractivity contribution in [3.8, 4) is 0 Å². The van der Waals surface area contributed by atoms with Gasteiger partial charge in [0.2, 0.25) is 17.7 Å².